The molecule has 0 aliphatic carbocycles. The number of esters is 1. The van der Waals surface area contributed by atoms with E-state index in [4.69, 9.17) is 9.15 Å². The molecular formula is C19H21NO5. The van der Waals surface area contributed by atoms with Crippen LogP contribution in [0.3, 0.4) is 0 Å². The van der Waals surface area contributed by atoms with Gasteiger partial charge in [0.05, 0.1) is 0 Å². The van der Waals surface area contributed by atoms with Gasteiger partial charge in [-0.15, -0.1) is 0 Å². The summed E-state index contributed by atoms with van der Waals surface area (Å²) in [5.74, 6) is -0.844. The highest BCUT2D eigenvalue weighted by molar-refractivity contribution is 5.99. The Kier molecular flexibility index (Phi) is 5.75. The maximum Gasteiger partial charge on any atom is 0.342 e. The fourth-order valence-electron chi connectivity index (χ4n) is 2.63. The molecular weight excluding hydrogens is 322 g/mol. The molecule has 0 unspecified atom stereocenters. The Morgan fingerprint density at radius 3 is 2.40 bits per heavy atom. The highest BCUT2D eigenvalue weighted by Gasteiger charge is 2.26. The van der Waals surface area contributed by atoms with Crippen LogP contribution in [0.4, 0.5) is 5.69 Å². The summed E-state index contributed by atoms with van der Waals surface area (Å²) in [4.78, 5) is 37.9. The first-order valence-corrected chi connectivity index (χ1v) is 8.04. The number of anilines is 1. The molecule has 1 aromatic carbocycles. The minimum Gasteiger partial charge on any atom is -0.449 e. The molecule has 6 nitrogen and oxygen atoms in total. The number of hydrogen-bond donors (Lipinski definition) is 0. The van der Waals surface area contributed by atoms with E-state index in [1.54, 1.807) is 11.8 Å². The van der Waals surface area contributed by atoms with Gasteiger partial charge in [0.25, 0.3) is 5.91 Å². The molecule has 0 aliphatic heterocycles. The molecule has 1 aromatic heterocycles. The summed E-state index contributed by atoms with van der Waals surface area (Å²) < 4.78 is 10.3. The highest BCUT2D eigenvalue weighted by atomic mass is 16.5. The molecule has 0 spiro atoms. The Balaban J connectivity index is 2.18. The van der Waals surface area contributed by atoms with E-state index in [9.17, 15) is 14.4 Å². The number of carbonyl (C=O) groups excluding carboxylic acids is 2. The first-order valence-electron chi connectivity index (χ1n) is 8.04. The van der Waals surface area contributed by atoms with Crippen LogP contribution < -0.4 is 10.5 Å². The van der Waals surface area contributed by atoms with E-state index in [0.29, 0.717) is 12.1 Å². The molecule has 1 amide bonds. The van der Waals surface area contributed by atoms with Gasteiger partial charge >= 0.3 is 11.6 Å². The summed E-state index contributed by atoms with van der Waals surface area (Å²) in [6.07, 6.45) is -0.974. The van der Waals surface area contributed by atoms with Crippen LogP contribution >= 0.6 is 0 Å². The SMILES string of the molecule is CCN(C(=O)[C@H](C)OC(=O)c1c(C)cc(=O)oc1C)c1ccccc1. The van der Waals surface area contributed by atoms with E-state index in [0.717, 1.165) is 5.69 Å². The van der Waals surface area contributed by atoms with Crippen LogP contribution in [0.5, 0.6) is 0 Å². The van der Waals surface area contributed by atoms with Crippen molar-refractivity contribution >= 4 is 17.6 Å². The first kappa shape index (κ1) is 18.4. The second kappa shape index (κ2) is 7.79. The Hall–Kier alpha value is -2.89. The molecule has 132 valence electrons. The van der Waals surface area contributed by atoms with E-state index in [1.165, 1.54) is 19.9 Å². The smallest absolute Gasteiger partial charge is 0.342 e. The van der Waals surface area contributed by atoms with Gasteiger partial charge in [-0.2, -0.15) is 0 Å². The maximum atomic E-state index is 12.6. The average molecular weight is 343 g/mol. The van der Waals surface area contributed by atoms with Crippen molar-refractivity contribution in [3.05, 3.63) is 63.7 Å². The first-order chi connectivity index (χ1) is 11.8. The van der Waals surface area contributed by atoms with E-state index < -0.39 is 17.7 Å². The minimum absolute atomic E-state index is 0.169. The number of benzene rings is 1. The lowest BCUT2D eigenvalue weighted by molar-refractivity contribution is -0.126. The number of nitrogens with zero attached hydrogens (tertiary/aromatic N) is 1. The lowest BCUT2D eigenvalue weighted by Crippen LogP contribution is -2.40. The van der Waals surface area contributed by atoms with Crippen LogP contribution in [-0.4, -0.2) is 24.5 Å². The maximum absolute atomic E-state index is 12.6. The highest BCUT2D eigenvalue weighted by Crippen LogP contribution is 2.17. The third-order valence-corrected chi connectivity index (χ3v) is 3.82. The molecule has 0 radical (unpaired) electrons. The molecule has 0 fully saturated rings. The standard InChI is InChI=1S/C19H21NO5/c1-5-20(15-9-7-6-8-10-15)18(22)14(4)25-19(23)17-12(2)11-16(21)24-13(17)3/h6-11,14H,5H2,1-4H3/t14-/m0/s1. The van der Waals surface area contributed by atoms with Gasteiger partial charge in [-0.25, -0.2) is 9.59 Å². The molecule has 25 heavy (non-hydrogen) atoms. The van der Waals surface area contributed by atoms with Gasteiger partial charge in [0, 0.05) is 18.3 Å². The largest absolute Gasteiger partial charge is 0.449 e. The van der Waals surface area contributed by atoms with Crippen LogP contribution in [0.25, 0.3) is 0 Å². The van der Waals surface area contributed by atoms with Crippen LogP contribution in [0.2, 0.25) is 0 Å². The molecule has 2 aromatic rings. The molecule has 0 aliphatic rings. The Morgan fingerprint density at radius 2 is 1.84 bits per heavy atom. The molecule has 0 saturated heterocycles. The summed E-state index contributed by atoms with van der Waals surface area (Å²) in [5.41, 5.74) is 0.823. The molecule has 0 bridgehead atoms. The topological polar surface area (TPSA) is 76.8 Å². The summed E-state index contributed by atoms with van der Waals surface area (Å²) in [5, 5.41) is 0. The number of rotatable bonds is 5. The zero-order chi connectivity index (χ0) is 18.6. The molecule has 2 rings (SSSR count). The monoisotopic (exact) mass is 343 g/mol. The van der Waals surface area contributed by atoms with Crippen molar-refractivity contribution in [1.29, 1.82) is 0 Å². The van der Waals surface area contributed by atoms with E-state index >= 15 is 0 Å². The third kappa shape index (κ3) is 4.15. The molecule has 1 atom stereocenters. The fourth-order valence-corrected chi connectivity index (χ4v) is 2.63. The quantitative estimate of drug-likeness (QED) is 0.780. The molecule has 0 N–H and O–H groups in total. The third-order valence-electron chi connectivity index (χ3n) is 3.82. The molecule has 0 saturated carbocycles. The van der Waals surface area contributed by atoms with E-state index in [-0.39, 0.29) is 17.2 Å². The van der Waals surface area contributed by atoms with Gasteiger partial charge in [0.2, 0.25) is 0 Å². The van der Waals surface area contributed by atoms with Gasteiger partial charge in [-0.1, -0.05) is 18.2 Å². The number of hydrogen-bond acceptors (Lipinski definition) is 5. The Morgan fingerprint density at radius 1 is 1.20 bits per heavy atom. The number of likely N-dealkylation sites (N-methyl/N-ethyl adjacent to an activating group) is 1. The normalized spacial score (nSPS) is 11.7. The summed E-state index contributed by atoms with van der Waals surface area (Å²) >= 11 is 0. The van der Waals surface area contributed by atoms with Crippen molar-refractivity contribution in [2.45, 2.75) is 33.8 Å². The molecule has 1 heterocycles. The average Bonchev–Trinajstić information content (AvgIpc) is 2.55. The number of amides is 1. The Labute approximate surface area is 146 Å². The van der Waals surface area contributed by atoms with E-state index in [2.05, 4.69) is 0 Å². The second-order valence-electron chi connectivity index (χ2n) is 5.65. The number of para-hydroxylation sites is 1. The van der Waals surface area contributed by atoms with Gasteiger partial charge in [0.1, 0.15) is 11.3 Å². The zero-order valence-electron chi connectivity index (χ0n) is 14.7. The molecule has 6 heteroatoms. The number of carbonyl (C=O) groups is 2. The van der Waals surface area contributed by atoms with Crippen LogP contribution in [0.1, 0.15) is 35.5 Å². The lowest BCUT2D eigenvalue weighted by atomic mass is 10.1. The summed E-state index contributed by atoms with van der Waals surface area (Å²) in [6, 6.07) is 10.4. The van der Waals surface area contributed by atoms with E-state index in [1.807, 2.05) is 37.3 Å². The van der Waals surface area contributed by atoms with Crippen molar-refractivity contribution in [3.63, 3.8) is 0 Å². The van der Waals surface area contributed by atoms with Crippen LogP contribution in [-0.2, 0) is 9.53 Å². The number of aryl methyl sites for hydroxylation is 2. The van der Waals surface area contributed by atoms with Gasteiger partial charge in [0.15, 0.2) is 6.10 Å². The van der Waals surface area contributed by atoms with Gasteiger partial charge in [-0.3, -0.25) is 4.79 Å². The van der Waals surface area contributed by atoms with Crippen LogP contribution in [0, 0.1) is 13.8 Å². The number of ether oxygens (including phenoxy) is 1. The zero-order valence-corrected chi connectivity index (χ0v) is 14.7. The van der Waals surface area contributed by atoms with Crippen molar-refractivity contribution in [1.82, 2.24) is 0 Å². The Bertz CT molecular complexity index is 799. The minimum atomic E-state index is -0.974. The van der Waals surface area contributed by atoms with Crippen molar-refractivity contribution in [2.24, 2.45) is 0 Å². The fraction of sp³-hybridized carbons (Fsp3) is 0.316. The second-order valence-corrected chi connectivity index (χ2v) is 5.65. The van der Waals surface area contributed by atoms with Crippen LogP contribution in [0.15, 0.2) is 45.6 Å². The van der Waals surface area contributed by atoms with Gasteiger partial charge in [-0.05, 0) is 45.4 Å². The summed E-state index contributed by atoms with van der Waals surface area (Å²) in [7, 11) is 0. The van der Waals surface area contributed by atoms with Gasteiger partial charge < -0.3 is 14.1 Å². The summed E-state index contributed by atoms with van der Waals surface area (Å²) in [6.45, 7) is 6.95. The van der Waals surface area contributed by atoms with Crippen molar-refractivity contribution in [3.8, 4) is 0 Å². The van der Waals surface area contributed by atoms with Crippen molar-refractivity contribution < 1.29 is 18.7 Å². The predicted octanol–water partition coefficient (Wildman–Crippen LogP) is 2.86. The van der Waals surface area contributed by atoms with Crippen molar-refractivity contribution in [2.75, 3.05) is 11.4 Å². The lowest BCUT2D eigenvalue weighted by Gasteiger charge is -2.24. The predicted molar refractivity (Wildman–Crippen MR) is 93.8 cm³/mol.